The lowest BCUT2D eigenvalue weighted by Gasteiger charge is -2.10. The molecule has 6 nitrogen and oxygen atoms in total. The Labute approximate surface area is 182 Å². The standard InChI is InChI=1S/C25H27NO5/c1-2-28-15-16-29-23-13-11-21(12-14-23)26-25(27)20-7-6-10-24(19-20)31-18-17-30-22-8-4-3-5-9-22/h3-14,19H,2,15-18H2,1H3,(H,26,27). The summed E-state index contributed by atoms with van der Waals surface area (Å²) in [7, 11) is 0. The van der Waals surface area contributed by atoms with Crippen LogP contribution in [0, 0.1) is 0 Å². The number of carbonyl (C=O) groups excluding carboxylic acids is 1. The fourth-order valence-corrected chi connectivity index (χ4v) is 2.76. The molecule has 0 aliphatic heterocycles. The molecule has 0 aromatic heterocycles. The van der Waals surface area contributed by atoms with Gasteiger partial charge in [-0.25, -0.2) is 0 Å². The molecule has 6 heteroatoms. The van der Waals surface area contributed by atoms with Crippen molar-refractivity contribution in [1.82, 2.24) is 0 Å². The molecule has 0 aliphatic rings. The molecule has 0 heterocycles. The van der Waals surface area contributed by atoms with Crippen molar-refractivity contribution in [2.45, 2.75) is 6.92 Å². The van der Waals surface area contributed by atoms with Gasteiger partial charge in [0, 0.05) is 17.9 Å². The van der Waals surface area contributed by atoms with Gasteiger partial charge in [0.2, 0.25) is 0 Å². The van der Waals surface area contributed by atoms with E-state index in [1.165, 1.54) is 0 Å². The molecule has 3 rings (SSSR count). The van der Waals surface area contributed by atoms with Gasteiger partial charge in [0.05, 0.1) is 6.61 Å². The van der Waals surface area contributed by atoms with Crippen molar-refractivity contribution in [3.8, 4) is 17.2 Å². The summed E-state index contributed by atoms with van der Waals surface area (Å²) in [5.74, 6) is 1.93. The molecular weight excluding hydrogens is 394 g/mol. The van der Waals surface area contributed by atoms with Crippen molar-refractivity contribution in [3.05, 3.63) is 84.4 Å². The van der Waals surface area contributed by atoms with Crippen molar-refractivity contribution in [3.63, 3.8) is 0 Å². The molecule has 1 amide bonds. The number of nitrogens with one attached hydrogen (secondary N) is 1. The van der Waals surface area contributed by atoms with Gasteiger partial charge in [-0.1, -0.05) is 24.3 Å². The Kier molecular flexibility index (Phi) is 8.76. The Balaban J connectivity index is 1.45. The highest BCUT2D eigenvalue weighted by Gasteiger charge is 2.08. The highest BCUT2D eigenvalue weighted by Crippen LogP contribution is 2.18. The van der Waals surface area contributed by atoms with Gasteiger partial charge in [0.15, 0.2) is 0 Å². The van der Waals surface area contributed by atoms with Crippen molar-refractivity contribution >= 4 is 11.6 Å². The van der Waals surface area contributed by atoms with E-state index in [9.17, 15) is 4.79 Å². The summed E-state index contributed by atoms with van der Waals surface area (Å²) in [6, 6.07) is 23.8. The lowest BCUT2D eigenvalue weighted by atomic mass is 10.2. The average Bonchev–Trinajstić information content (AvgIpc) is 2.81. The minimum atomic E-state index is -0.212. The predicted octanol–water partition coefficient (Wildman–Crippen LogP) is 4.81. The molecule has 162 valence electrons. The molecule has 0 fully saturated rings. The molecule has 0 bridgehead atoms. The SMILES string of the molecule is CCOCCOc1ccc(NC(=O)c2cccc(OCCOc3ccccc3)c2)cc1. The van der Waals surface area contributed by atoms with E-state index in [0.29, 0.717) is 50.0 Å². The molecule has 0 atom stereocenters. The van der Waals surface area contributed by atoms with E-state index >= 15 is 0 Å². The number of benzene rings is 3. The number of anilines is 1. The summed E-state index contributed by atoms with van der Waals surface area (Å²) in [5.41, 5.74) is 1.20. The van der Waals surface area contributed by atoms with E-state index in [0.717, 1.165) is 11.5 Å². The van der Waals surface area contributed by atoms with Crippen molar-refractivity contribution in [1.29, 1.82) is 0 Å². The lowest BCUT2D eigenvalue weighted by molar-refractivity contribution is 0.102. The first kappa shape index (κ1) is 22.2. The zero-order valence-electron chi connectivity index (χ0n) is 17.6. The molecule has 0 aliphatic carbocycles. The van der Waals surface area contributed by atoms with Gasteiger partial charge in [-0.2, -0.15) is 0 Å². The van der Waals surface area contributed by atoms with Crippen LogP contribution in [-0.4, -0.2) is 38.9 Å². The van der Waals surface area contributed by atoms with Crippen molar-refractivity contribution in [2.75, 3.05) is 38.4 Å². The van der Waals surface area contributed by atoms with E-state index in [1.807, 2.05) is 55.5 Å². The van der Waals surface area contributed by atoms with E-state index in [-0.39, 0.29) is 5.91 Å². The van der Waals surface area contributed by atoms with Crippen LogP contribution in [0.4, 0.5) is 5.69 Å². The lowest BCUT2D eigenvalue weighted by Crippen LogP contribution is -2.13. The quantitative estimate of drug-likeness (QED) is 0.425. The topological polar surface area (TPSA) is 66.0 Å². The largest absolute Gasteiger partial charge is 0.491 e. The van der Waals surface area contributed by atoms with Gasteiger partial charge in [-0.3, -0.25) is 4.79 Å². The van der Waals surface area contributed by atoms with Gasteiger partial charge in [-0.05, 0) is 61.5 Å². The van der Waals surface area contributed by atoms with Crippen LogP contribution < -0.4 is 19.5 Å². The molecule has 0 unspecified atom stereocenters. The number of rotatable bonds is 12. The number of carbonyl (C=O) groups is 1. The zero-order valence-corrected chi connectivity index (χ0v) is 17.6. The highest BCUT2D eigenvalue weighted by atomic mass is 16.5. The molecular formula is C25H27NO5. The van der Waals surface area contributed by atoms with Crippen LogP contribution in [0.5, 0.6) is 17.2 Å². The summed E-state index contributed by atoms with van der Waals surface area (Å²) in [4.78, 5) is 12.6. The monoisotopic (exact) mass is 421 g/mol. The number of ether oxygens (including phenoxy) is 4. The maximum atomic E-state index is 12.6. The fourth-order valence-electron chi connectivity index (χ4n) is 2.76. The summed E-state index contributed by atoms with van der Waals surface area (Å²) in [6.07, 6.45) is 0. The summed E-state index contributed by atoms with van der Waals surface area (Å²) in [6.45, 7) is 4.44. The highest BCUT2D eigenvalue weighted by molar-refractivity contribution is 6.04. The third kappa shape index (κ3) is 7.68. The minimum absolute atomic E-state index is 0.212. The second-order valence-electron chi connectivity index (χ2n) is 6.56. The smallest absolute Gasteiger partial charge is 0.255 e. The summed E-state index contributed by atoms with van der Waals surface area (Å²) in [5, 5.41) is 2.88. The number of hydrogen-bond acceptors (Lipinski definition) is 5. The first-order valence-electron chi connectivity index (χ1n) is 10.3. The molecule has 3 aromatic carbocycles. The van der Waals surface area contributed by atoms with Crippen LogP contribution in [-0.2, 0) is 4.74 Å². The third-order valence-corrected chi connectivity index (χ3v) is 4.27. The normalized spacial score (nSPS) is 10.4. The maximum Gasteiger partial charge on any atom is 0.255 e. The predicted molar refractivity (Wildman–Crippen MR) is 120 cm³/mol. The first-order chi connectivity index (χ1) is 15.2. The number of hydrogen-bond donors (Lipinski definition) is 1. The molecule has 0 saturated heterocycles. The Hall–Kier alpha value is -3.51. The van der Waals surface area contributed by atoms with E-state index in [2.05, 4.69) is 5.32 Å². The van der Waals surface area contributed by atoms with E-state index in [1.54, 1.807) is 30.3 Å². The van der Waals surface area contributed by atoms with Gasteiger partial charge in [0.1, 0.15) is 37.1 Å². The van der Waals surface area contributed by atoms with Gasteiger partial charge in [0.25, 0.3) is 5.91 Å². The van der Waals surface area contributed by atoms with Crippen LogP contribution in [0.15, 0.2) is 78.9 Å². The number of amides is 1. The molecule has 3 aromatic rings. The third-order valence-electron chi connectivity index (χ3n) is 4.27. The molecule has 31 heavy (non-hydrogen) atoms. The molecule has 0 saturated carbocycles. The average molecular weight is 421 g/mol. The van der Waals surface area contributed by atoms with Gasteiger partial charge >= 0.3 is 0 Å². The van der Waals surface area contributed by atoms with E-state index < -0.39 is 0 Å². The number of para-hydroxylation sites is 1. The van der Waals surface area contributed by atoms with Crippen LogP contribution >= 0.6 is 0 Å². The molecule has 0 spiro atoms. The van der Waals surface area contributed by atoms with Crippen LogP contribution in [0.2, 0.25) is 0 Å². The second-order valence-corrected chi connectivity index (χ2v) is 6.56. The van der Waals surface area contributed by atoms with Gasteiger partial charge in [-0.15, -0.1) is 0 Å². The Morgan fingerprint density at radius 2 is 1.32 bits per heavy atom. The van der Waals surface area contributed by atoms with Crippen molar-refractivity contribution in [2.24, 2.45) is 0 Å². The first-order valence-corrected chi connectivity index (χ1v) is 10.3. The van der Waals surface area contributed by atoms with Crippen LogP contribution in [0.1, 0.15) is 17.3 Å². The fraction of sp³-hybridized carbons (Fsp3) is 0.240. The Bertz CT molecular complexity index is 928. The maximum absolute atomic E-state index is 12.6. The molecule has 1 N–H and O–H groups in total. The summed E-state index contributed by atoms with van der Waals surface area (Å²) < 4.78 is 22.1. The molecule has 0 radical (unpaired) electrons. The van der Waals surface area contributed by atoms with Gasteiger partial charge < -0.3 is 24.3 Å². The zero-order chi connectivity index (χ0) is 21.7. The van der Waals surface area contributed by atoms with Crippen LogP contribution in [0.3, 0.4) is 0 Å². The van der Waals surface area contributed by atoms with E-state index in [4.69, 9.17) is 18.9 Å². The minimum Gasteiger partial charge on any atom is -0.491 e. The van der Waals surface area contributed by atoms with Crippen molar-refractivity contribution < 1.29 is 23.7 Å². The van der Waals surface area contributed by atoms with Crippen LogP contribution in [0.25, 0.3) is 0 Å². The second kappa shape index (κ2) is 12.2. The Morgan fingerprint density at radius 1 is 0.710 bits per heavy atom. The Morgan fingerprint density at radius 3 is 2.03 bits per heavy atom. The summed E-state index contributed by atoms with van der Waals surface area (Å²) >= 11 is 0.